The van der Waals surface area contributed by atoms with Crippen molar-refractivity contribution in [2.75, 3.05) is 68.5 Å². The number of nitrogens with zero attached hydrogens (tertiary/aromatic N) is 6. The predicted octanol–water partition coefficient (Wildman–Crippen LogP) is 4.24. The van der Waals surface area contributed by atoms with Gasteiger partial charge >= 0.3 is 0 Å². The predicted molar refractivity (Wildman–Crippen MR) is 163 cm³/mol. The number of amides is 2. The molecule has 2 amide bonds. The van der Waals surface area contributed by atoms with E-state index in [1.165, 1.54) is 23.0 Å². The Morgan fingerprint density at radius 3 is 2.37 bits per heavy atom. The van der Waals surface area contributed by atoms with Gasteiger partial charge in [0.2, 0.25) is 5.91 Å². The Morgan fingerprint density at radius 2 is 1.68 bits per heavy atom. The first-order valence-corrected chi connectivity index (χ1v) is 15.1. The molecule has 3 heterocycles. The van der Waals surface area contributed by atoms with Gasteiger partial charge in [-0.1, -0.05) is 41.6 Å². The second kappa shape index (κ2) is 13.0. The topological polar surface area (TPSA) is 82.1 Å². The molecular weight excluding hydrogens is 560 g/mol. The first kappa shape index (κ1) is 29.0. The number of rotatable bonds is 7. The summed E-state index contributed by atoms with van der Waals surface area (Å²) in [6.45, 7) is 8.93. The maximum absolute atomic E-state index is 13.1. The number of methoxy groups -OCH3 is 1. The number of benzene rings is 2. The van der Waals surface area contributed by atoms with Crippen molar-refractivity contribution in [2.45, 2.75) is 25.0 Å². The van der Waals surface area contributed by atoms with Crippen LogP contribution in [0.1, 0.15) is 22.8 Å². The van der Waals surface area contributed by atoms with Gasteiger partial charge < -0.3 is 24.3 Å². The van der Waals surface area contributed by atoms with E-state index in [-0.39, 0.29) is 23.6 Å². The van der Waals surface area contributed by atoms with Crippen molar-refractivity contribution >= 4 is 46.7 Å². The van der Waals surface area contributed by atoms with Crippen LogP contribution in [0.5, 0.6) is 5.75 Å². The summed E-state index contributed by atoms with van der Waals surface area (Å²) in [5.41, 5.74) is 3.11. The summed E-state index contributed by atoms with van der Waals surface area (Å²) in [4.78, 5) is 43.4. The maximum Gasteiger partial charge on any atom is 0.254 e. The van der Waals surface area contributed by atoms with E-state index in [2.05, 4.69) is 39.9 Å². The molecule has 2 fully saturated rings. The first-order valence-electron chi connectivity index (χ1n) is 13.8. The summed E-state index contributed by atoms with van der Waals surface area (Å²) in [6.07, 6.45) is 0. The van der Waals surface area contributed by atoms with Gasteiger partial charge in [0.25, 0.3) is 5.91 Å². The van der Waals surface area contributed by atoms with Gasteiger partial charge in [-0.2, -0.15) is 0 Å². The van der Waals surface area contributed by atoms with Gasteiger partial charge in [-0.05, 0) is 49.7 Å². The number of hydrogen-bond acceptors (Lipinski definition) is 8. The number of aromatic nitrogens is 2. The fourth-order valence-corrected chi connectivity index (χ4v) is 6.30. The fourth-order valence-electron chi connectivity index (χ4n) is 5.31. The molecule has 216 valence electrons. The van der Waals surface area contributed by atoms with Gasteiger partial charge in [0.1, 0.15) is 16.7 Å². The minimum Gasteiger partial charge on any atom is -0.497 e. The lowest BCUT2D eigenvalue weighted by Gasteiger charge is -2.40. The molecule has 3 aromatic rings. The molecule has 1 aromatic heterocycles. The first-order chi connectivity index (χ1) is 19.8. The summed E-state index contributed by atoms with van der Waals surface area (Å²) < 4.78 is 5.20. The average molecular weight is 595 g/mol. The summed E-state index contributed by atoms with van der Waals surface area (Å²) in [5.74, 6) is 1.75. The Bertz CT molecular complexity index is 1380. The number of thioether (sulfide) groups is 1. The molecule has 5 rings (SSSR count). The third-order valence-corrected chi connectivity index (χ3v) is 8.65. The van der Waals surface area contributed by atoms with Crippen molar-refractivity contribution in [3.8, 4) is 5.75 Å². The molecule has 0 aliphatic carbocycles. The monoisotopic (exact) mass is 594 g/mol. The van der Waals surface area contributed by atoms with Crippen LogP contribution in [0, 0.1) is 6.92 Å². The molecule has 11 heteroatoms. The molecule has 0 bridgehead atoms. The zero-order valence-electron chi connectivity index (χ0n) is 23.6. The average Bonchev–Trinajstić information content (AvgIpc) is 2.99. The third-order valence-electron chi connectivity index (χ3n) is 7.62. The molecule has 2 aromatic carbocycles. The number of hydrogen-bond donors (Lipinski definition) is 0. The van der Waals surface area contributed by atoms with Crippen LogP contribution in [0.15, 0.2) is 59.8 Å². The number of ether oxygens (including phenoxy) is 1. The van der Waals surface area contributed by atoms with Gasteiger partial charge in [0.15, 0.2) is 5.16 Å². The van der Waals surface area contributed by atoms with E-state index in [1.807, 2.05) is 22.8 Å². The van der Waals surface area contributed by atoms with Gasteiger partial charge in [-0.15, -0.1) is 0 Å². The third kappa shape index (κ3) is 6.87. The fraction of sp³-hybridized carbons (Fsp3) is 0.400. The minimum atomic E-state index is -0.0249. The van der Waals surface area contributed by atoms with E-state index >= 15 is 0 Å². The zero-order chi connectivity index (χ0) is 28.9. The van der Waals surface area contributed by atoms with E-state index in [0.29, 0.717) is 54.4 Å². The molecule has 9 nitrogen and oxygen atoms in total. The van der Waals surface area contributed by atoms with Gasteiger partial charge in [-0.3, -0.25) is 9.59 Å². The largest absolute Gasteiger partial charge is 0.497 e. The van der Waals surface area contributed by atoms with Crippen LogP contribution in [0.2, 0.25) is 5.15 Å². The molecule has 2 aliphatic heterocycles. The van der Waals surface area contributed by atoms with E-state index in [9.17, 15) is 9.59 Å². The van der Waals surface area contributed by atoms with Crippen molar-refractivity contribution in [3.63, 3.8) is 0 Å². The molecule has 0 N–H and O–H groups in total. The van der Waals surface area contributed by atoms with E-state index in [4.69, 9.17) is 21.3 Å². The number of anilines is 2. The smallest absolute Gasteiger partial charge is 0.254 e. The van der Waals surface area contributed by atoms with Crippen LogP contribution in [-0.4, -0.2) is 96.3 Å². The highest BCUT2D eigenvalue weighted by Crippen LogP contribution is 2.26. The molecule has 1 unspecified atom stereocenters. The summed E-state index contributed by atoms with van der Waals surface area (Å²) >= 11 is 7.68. The maximum atomic E-state index is 13.1. The summed E-state index contributed by atoms with van der Waals surface area (Å²) in [6, 6.07) is 17.2. The van der Waals surface area contributed by atoms with Gasteiger partial charge in [-0.25, -0.2) is 9.97 Å². The zero-order valence-corrected chi connectivity index (χ0v) is 25.2. The molecule has 0 spiro atoms. The van der Waals surface area contributed by atoms with Crippen LogP contribution in [0.25, 0.3) is 0 Å². The lowest BCUT2D eigenvalue weighted by Crippen LogP contribution is -2.54. The van der Waals surface area contributed by atoms with Crippen molar-refractivity contribution in [3.05, 3.63) is 70.9 Å². The number of carbonyl (C=O) groups is 2. The Kier molecular flexibility index (Phi) is 9.19. The quantitative estimate of drug-likeness (QED) is 0.228. The normalized spacial score (nSPS) is 17.5. The molecule has 2 saturated heterocycles. The number of piperazine rings is 2. The van der Waals surface area contributed by atoms with Gasteiger partial charge in [0, 0.05) is 69.2 Å². The molecule has 0 saturated carbocycles. The van der Waals surface area contributed by atoms with Crippen LogP contribution in [0.4, 0.5) is 11.5 Å². The Hall–Kier alpha value is -3.50. The Labute approximate surface area is 250 Å². The van der Waals surface area contributed by atoms with Crippen molar-refractivity contribution in [1.82, 2.24) is 19.8 Å². The van der Waals surface area contributed by atoms with Crippen molar-refractivity contribution in [2.24, 2.45) is 0 Å². The number of para-hydroxylation sites is 1. The van der Waals surface area contributed by atoms with E-state index in [0.717, 1.165) is 18.8 Å². The van der Waals surface area contributed by atoms with Crippen molar-refractivity contribution < 1.29 is 14.3 Å². The summed E-state index contributed by atoms with van der Waals surface area (Å²) in [7, 11) is 1.61. The van der Waals surface area contributed by atoms with Crippen LogP contribution < -0.4 is 14.5 Å². The Balaban J connectivity index is 1.15. The minimum absolute atomic E-state index is 0.00461. The molecule has 2 aliphatic rings. The van der Waals surface area contributed by atoms with Crippen molar-refractivity contribution in [1.29, 1.82) is 0 Å². The number of halogens is 1. The highest BCUT2D eigenvalue weighted by molar-refractivity contribution is 7.99. The van der Waals surface area contributed by atoms with E-state index < -0.39 is 0 Å². The molecular formula is C30H35ClN6O3S. The number of aryl methyl sites for hydroxylation is 1. The Morgan fingerprint density at radius 1 is 0.976 bits per heavy atom. The highest BCUT2D eigenvalue weighted by Gasteiger charge is 2.29. The summed E-state index contributed by atoms with van der Waals surface area (Å²) in [5, 5.41) is 0.810. The molecule has 41 heavy (non-hydrogen) atoms. The lowest BCUT2D eigenvalue weighted by atomic mass is 10.1. The standard InChI is InChI=1S/C30H35ClN6O3S/c1-21-6-4-5-7-25(21)34-12-14-35(15-13-34)28(38)20-41-30-32-26(31)18-27(33-30)36-16-17-37(22(2)19-36)29(39)23-8-10-24(40-3)11-9-23/h4-11,18,22H,12-17,19-20H2,1-3H3. The second-order valence-corrected chi connectivity index (χ2v) is 11.6. The molecule has 0 radical (unpaired) electrons. The SMILES string of the molecule is COc1ccc(C(=O)N2CCN(c3cc(Cl)nc(SCC(=O)N4CCN(c5ccccc5C)CC4)n3)CC2C)cc1. The second-order valence-electron chi connectivity index (χ2n) is 10.3. The van der Waals surface area contributed by atoms with Crippen LogP contribution in [0.3, 0.4) is 0 Å². The van der Waals surface area contributed by atoms with Gasteiger partial charge in [0.05, 0.1) is 12.9 Å². The number of carbonyl (C=O) groups excluding carboxylic acids is 2. The molecule has 1 atom stereocenters. The lowest BCUT2D eigenvalue weighted by molar-refractivity contribution is -0.128. The van der Waals surface area contributed by atoms with Crippen LogP contribution >= 0.6 is 23.4 Å². The highest BCUT2D eigenvalue weighted by atomic mass is 35.5. The van der Waals surface area contributed by atoms with E-state index in [1.54, 1.807) is 37.4 Å². The van der Waals surface area contributed by atoms with Crippen LogP contribution in [-0.2, 0) is 4.79 Å².